The minimum Gasteiger partial charge on any atom is -0.394 e. The Morgan fingerprint density at radius 1 is 1.27 bits per heavy atom. The van der Waals surface area contributed by atoms with Crippen molar-refractivity contribution in [3.8, 4) is 0 Å². The fourth-order valence-electron chi connectivity index (χ4n) is 1.93. The summed E-state index contributed by atoms with van der Waals surface area (Å²) in [4.78, 5) is 9.14. The van der Waals surface area contributed by atoms with E-state index in [1.807, 2.05) is 0 Å². The van der Waals surface area contributed by atoms with Crippen molar-refractivity contribution in [3.63, 3.8) is 0 Å². The second-order valence-corrected chi connectivity index (χ2v) is 4.94. The van der Waals surface area contributed by atoms with Crippen LogP contribution in [0, 0.1) is 0 Å². The molecule has 6 nitrogen and oxygen atoms in total. The standard InChI is InChI=1S/C7H12BO6P/c8-2-1-4-6-7(5(3-9)12-4)14-15(10,11)13-6/h4-7,9H,1-3H2,(H,10,11). The lowest BCUT2D eigenvalue weighted by Gasteiger charge is -2.16. The van der Waals surface area contributed by atoms with Gasteiger partial charge < -0.3 is 14.7 Å². The average molecular weight is 234 g/mol. The molecule has 8 heteroatoms. The molecule has 2 radical (unpaired) electrons. The minimum atomic E-state index is -3.96. The average Bonchev–Trinajstić information content (AvgIpc) is 2.61. The van der Waals surface area contributed by atoms with Gasteiger partial charge in [0.2, 0.25) is 0 Å². The van der Waals surface area contributed by atoms with E-state index in [1.54, 1.807) is 0 Å². The zero-order valence-electron chi connectivity index (χ0n) is 7.98. The van der Waals surface area contributed by atoms with Crippen LogP contribution in [0.3, 0.4) is 0 Å². The van der Waals surface area contributed by atoms with Crippen LogP contribution in [0.4, 0.5) is 0 Å². The van der Waals surface area contributed by atoms with Gasteiger partial charge in [-0.25, -0.2) is 4.57 Å². The Bertz CT molecular complexity index is 287. The van der Waals surface area contributed by atoms with E-state index >= 15 is 0 Å². The van der Waals surface area contributed by atoms with Gasteiger partial charge >= 0.3 is 7.82 Å². The van der Waals surface area contributed by atoms with Gasteiger partial charge in [-0.05, 0) is 6.42 Å². The van der Waals surface area contributed by atoms with Crippen molar-refractivity contribution in [3.05, 3.63) is 0 Å². The maximum Gasteiger partial charge on any atom is 0.473 e. The molecule has 2 aliphatic rings. The van der Waals surface area contributed by atoms with Gasteiger partial charge in [0, 0.05) is 0 Å². The van der Waals surface area contributed by atoms with Crippen molar-refractivity contribution in [2.24, 2.45) is 0 Å². The normalized spacial score (nSPS) is 49.5. The van der Waals surface area contributed by atoms with Crippen molar-refractivity contribution in [2.75, 3.05) is 6.61 Å². The van der Waals surface area contributed by atoms with E-state index in [2.05, 4.69) is 0 Å². The Morgan fingerprint density at radius 2 is 1.87 bits per heavy atom. The van der Waals surface area contributed by atoms with Crippen molar-refractivity contribution in [2.45, 2.75) is 37.2 Å². The van der Waals surface area contributed by atoms with Gasteiger partial charge in [-0.15, -0.1) is 0 Å². The first-order valence-corrected chi connectivity index (χ1v) is 6.23. The van der Waals surface area contributed by atoms with Gasteiger partial charge in [0.1, 0.15) is 18.3 Å². The summed E-state index contributed by atoms with van der Waals surface area (Å²) in [7, 11) is 1.41. The van der Waals surface area contributed by atoms with E-state index < -0.39 is 26.1 Å². The van der Waals surface area contributed by atoms with Crippen LogP contribution < -0.4 is 0 Å². The first-order valence-electron chi connectivity index (χ1n) is 4.73. The molecule has 0 aromatic rings. The Kier molecular flexibility index (Phi) is 3.21. The molecule has 2 rings (SSSR count). The fourth-order valence-corrected chi connectivity index (χ4v) is 3.11. The number of aliphatic hydroxyl groups excluding tert-OH is 1. The molecule has 2 N–H and O–H groups in total. The quantitative estimate of drug-likeness (QED) is 0.510. The molecule has 2 heterocycles. The highest BCUT2D eigenvalue weighted by Gasteiger charge is 2.56. The third kappa shape index (κ3) is 2.13. The van der Waals surface area contributed by atoms with Gasteiger partial charge in [0.15, 0.2) is 0 Å². The SMILES string of the molecule is [B]CCC1OC(CO)C2OP(=O)(O)OC12. The van der Waals surface area contributed by atoms with Gasteiger partial charge in [-0.3, -0.25) is 9.05 Å². The maximum atomic E-state index is 11.2. The highest BCUT2D eigenvalue weighted by Crippen LogP contribution is 2.56. The summed E-state index contributed by atoms with van der Waals surface area (Å²) in [5.74, 6) is 0. The van der Waals surface area contributed by atoms with Crippen LogP contribution in [0.15, 0.2) is 0 Å². The van der Waals surface area contributed by atoms with E-state index in [4.69, 9.17) is 31.6 Å². The number of hydrogen-bond acceptors (Lipinski definition) is 5. The lowest BCUT2D eigenvalue weighted by Crippen LogP contribution is -2.31. The number of aliphatic hydroxyl groups is 1. The first-order chi connectivity index (χ1) is 7.07. The molecule has 0 aromatic heterocycles. The van der Waals surface area contributed by atoms with Crippen LogP contribution in [-0.4, -0.2) is 48.9 Å². The molecule has 84 valence electrons. The molecule has 0 amide bonds. The monoisotopic (exact) mass is 234 g/mol. The largest absolute Gasteiger partial charge is 0.473 e. The van der Waals surface area contributed by atoms with E-state index in [0.29, 0.717) is 12.7 Å². The third-order valence-electron chi connectivity index (χ3n) is 2.55. The first kappa shape index (κ1) is 11.6. The topological polar surface area (TPSA) is 85.2 Å². The molecule has 0 spiro atoms. The molecule has 0 aliphatic carbocycles. The van der Waals surface area contributed by atoms with E-state index in [1.165, 1.54) is 0 Å². The van der Waals surface area contributed by atoms with Crippen molar-refractivity contribution < 1.29 is 28.3 Å². The van der Waals surface area contributed by atoms with E-state index in [9.17, 15) is 4.57 Å². The van der Waals surface area contributed by atoms with Crippen LogP contribution in [0.1, 0.15) is 6.42 Å². The number of phosphoric acid groups is 1. The molecular weight excluding hydrogens is 222 g/mol. The molecule has 5 unspecified atom stereocenters. The molecule has 2 saturated heterocycles. The van der Waals surface area contributed by atoms with E-state index in [0.717, 1.165) is 0 Å². The van der Waals surface area contributed by atoms with Gasteiger partial charge in [-0.1, -0.05) is 6.32 Å². The summed E-state index contributed by atoms with van der Waals surface area (Å²) in [6.45, 7) is -0.272. The van der Waals surface area contributed by atoms with Crippen LogP contribution in [0.2, 0.25) is 6.32 Å². The van der Waals surface area contributed by atoms with Crippen LogP contribution in [-0.2, 0) is 18.3 Å². The molecule has 15 heavy (non-hydrogen) atoms. The van der Waals surface area contributed by atoms with Crippen molar-refractivity contribution in [1.29, 1.82) is 0 Å². The lowest BCUT2D eigenvalue weighted by molar-refractivity contribution is -0.0300. The second-order valence-electron chi connectivity index (χ2n) is 3.58. The van der Waals surface area contributed by atoms with E-state index in [-0.39, 0.29) is 12.7 Å². The summed E-state index contributed by atoms with van der Waals surface area (Å²) < 4.78 is 26.3. The highest BCUT2D eigenvalue weighted by atomic mass is 31.2. The van der Waals surface area contributed by atoms with Gasteiger partial charge in [0.05, 0.1) is 20.6 Å². The number of rotatable bonds is 3. The fraction of sp³-hybridized carbons (Fsp3) is 1.00. The second kappa shape index (κ2) is 4.16. The Morgan fingerprint density at radius 3 is 2.40 bits per heavy atom. The minimum absolute atomic E-state index is 0.272. The van der Waals surface area contributed by atoms with Gasteiger partial charge in [0.25, 0.3) is 0 Å². The summed E-state index contributed by atoms with van der Waals surface area (Å²) in [6, 6.07) is 0. The molecule has 5 atom stereocenters. The molecule has 2 fully saturated rings. The van der Waals surface area contributed by atoms with Gasteiger partial charge in [-0.2, -0.15) is 0 Å². The molecule has 0 aromatic carbocycles. The predicted molar refractivity (Wildman–Crippen MR) is 50.5 cm³/mol. The number of hydrogen-bond donors (Lipinski definition) is 2. The van der Waals surface area contributed by atoms with Crippen LogP contribution in [0.25, 0.3) is 0 Å². The summed E-state index contributed by atoms with van der Waals surface area (Å²) in [6.07, 6.45) is -1.41. The number of fused-ring (bicyclic) bond motifs is 1. The summed E-state index contributed by atoms with van der Waals surface area (Å²) in [5.41, 5.74) is 0. The molecule has 0 saturated carbocycles. The molecular formula is C7H12BO6P. The lowest BCUT2D eigenvalue weighted by atomic mass is 9.96. The van der Waals surface area contributed by atoms with Crippen LogP contribution in [0.5, 0.6) is 0 Å². The van der Waals surface area contributed by atoms with Crippen molar-refractivity contribution in [1.82, 2.24) is 0 Å². The number of ether oxygens (including phenoxy) is 1. The zero-order valence-corrected chi connectivity index (χ0v) is 8.88. The summed E-state index contributed by atoms with van der Waals surface area (Å²) in [5, 5.41) is 9.01. The summed E-state index contributed by atoms with van der Waals surface area (Å²) >= 11 is 0. The third-order valence-corrected chi connectivity index (χ3v) is 3.57. The highest BCUT2D eigenvalue weighted by molar-refractivity contribution is 7.47. The Labute approximate surface area is 88.5 Å². The van der Waals surface area contributed by atoms with Crippen molar-refractivity contribution >= 4 is 15.7 Å². The zero-order chi connectivity index (χ0) is 11.1. The Balaban J connectivity index is 2.12. The smallest absolute Gasteiger partial charge is 0.394 e. The number of phosphoric ester groups is 1. The predicted octanol–water partition coefficient (Wildman–Crippen LogP) is -0.393. The maximum absolute atomic E-state index is 11.2. The Hall–Kier alpha value is 0.0949. The molecule has 2 aliphatic heterocycles. The van der Waals surface area contributed by atoms with Crippen LogP contribution >= 0.6 is 7.82 Å². The molecule has 0 bridgehead atoms.